The summed E-state index contributed by atoms with van der Waals surface area (Å²) in [6.45, 7) is 1.75. The van der Waals surface area contributed by atoms with Gasteiger partial charge >= 0.3 is 0 Å². The lowest BCUT2D eigenvalue weighted by molar-refractivity contribution is -0.0644. The standard InChI is InChI=1S/C8H16N2O/c1-10-7-2-6(9)3-8(10)5-11-4-7/h6-8H,2-5,9H2,1H3/t6-,7-,8+. The van der Waals surface area contributed by atoms with E-state index >= 15 is 0 Å². The topological polar surface area (TPSA) is 38.5 Å². The predicted octanol–water partition coefficient (Wildman–Crippen LogP) is -0.193. The number of nitrogens with zero attached hydrogens (tertiary/aromatic N) is 1. The van der Waals surface area contributed by atoms with Gasteiger partial charge in [0.05, 0.1) is 13.2 Å². The van der Waals surface area contributed by atoms with Crippen molar-refractivity contribution in [1.29, 1.82) is 0 Å². The number of ether oxygens (including phenoxy) is 1. The highest BCUT2D eigenvalue weighted by Gasteiger charge is 2.34. The molecule has 2 heterocycles. The average molecular weight is 156 g/mol. The Bertz CT molecular complexity index is 137. The van der Waals surface area contributed by atoms with Crippen molar-refractivity contribution in [3.63, 3.8) is 0 Å². The van der Waals surface area contributed by atoms with Gasteiger partial charge in [-0.2, -0.15) is 0 Å². The van der Waals surface area contributed by atoms with Gasteiger partial charge < -0.3 is 10.5 Å². The zero-order valence-corrected chi connectivity index (χ0v) is 6.99. The highest BCUT2D eigenvalue weighted by molar-refractivity contribution is 4.91. The van der Waals surface area contributed by atoms with Gasteiger partial charge in [-0.15, -0.1) is 0 Å². The molecule has 3 heteroatoms. The molecule has 3 nitrogen and oxygen atoms in total. The monoisotopic (exact) mass is 156 g/mol. The lowest BCUT2D eigenvalue weighted by Crippen LogP contribution is -2.57. The van der Waals surface area contributed by atoms with Crippen LogP contribution in [0.1, 0.15) is 12.8 Å². The highest BCUT2D eigenvalue weighted by atomic mass is 16.5. The molecule has 0 aliphatic carbocycles. The predicted molar refractivity (Wildman–Crippen MR) is 43.4 cm³/mol. The lowest BCUT2D eigenvalue weighted by Gasteiger charge is -2.45. The molecule has 2 rings (SSSR count). The molecule has 2 bridgehead atoms. The zero-order valence-electron chi connectivity index (χ0n) is 6.99. The van der Waals surface area contributed by atoms with Gasteiger partial charge in [-0.05, 0) is 19.9 Å². The molecular formula is C8H16N2O. The van der Waals surface area contributed by atoms with E-state index in [-0.39, 0.29) is 0 Å². The number of hydrogen-bond donors (Lipinski definition) is 1. The second-order valence-electron chi connectivity index (χ2n) is 3.74. The van der Waals surface area contributed by atoms with Gasteiger partial charge in [0.15, 0.2) is 0 Å². The largest absolute Gasteiger partial charge is 0.378 e. The molecule has 0 amide bonds. The Hall–Kier alpha value is -0.120. The molecule has 2 N–H and O–H groups in total. The number of rotatable bonds is 0. The average Bonchev–Trinajstić information content (AvgIpc) is 1.92. The Morgan fingerprint density at radius 1 is 1.27 bits per heavy atom. The first-order valence-corrected chi connectivity index (χ1v) is 4.32. The van der Waals surface area contributed by atoms with Gasteiger partial charge in [0.25, 0.3) is 0 Å². The molecule has 0 aromatic heterocycles. The van der Waals surface area contributed by atoms with Crippen molar-refractivity contribution >= 4 is 0 Å². The molecule has 0 unspecified atom stereocenters. The first-order valence-electron chi connectivity index (χ1n) is 4.32. The number of likely N-dealkylation sites (N-methyl/N-ethyl adjacent to an activating group) is 1. The van der Waals surface area contributed by atoms with E-state index in [0.29, 0.717) is 18.1 Å². The van der Waals surface area contributed by atoms with Crippen molar-refractivity contribution in [2.75, 3.05) is 20.3 Å². The van der Waals surface area contributed by atoms with E-state index in [9.17, 15) is 0 Å². The molecule has 64 valence electrons. The highest BCUT2D eigenvalue weighted by Crippen LogP contribution is 2.24. The van der Waals surface area contributed by atoms with Crippen LogP contribution in [-0.2, 0) is 4.74 Å². The minimum atomic E-state index is 0.407. The van der Waals surface area contributed by atoms with Crippen molar-refractivity contribution in [3.05, 3.63) is 0 Å². The normalized spacial score (nSPS) is 45.8. The summed E-state index contributed by atoms with van der Waals surface area (Å²) in [5.41, 5.74) is 5.90. The Kier molecular flexibility index (Phi) is 1.87. The van der Waals surface area contributed by atoms with E-state index < -0.39 is 0 Å². The summed E-state index contributed by atoms with van der Waals surface area (Å²) in [7, 11) is 2.18. The second-order valence-corrected chi connectivity index (χ2v) is 3.74. The third-order valence-electron chi connectivity index (χ3n) is 2.92. The third kappa shape index (κ3) is 1.28. The van der Waals surface area contributed by atoms with Gasteiger partial charge in [-0.1, -0.05) is 0 Å². The van der Waals surface area contributed by atoms with Crippen LogP contribution in [0.2, 0.25) is 0 Å². The van der Waals surface area contributed by atoms with Crippen molar-refractivity contribution in [3.8, 4) is 0 Å². The van der Waals surface area contributed by atoms with Crippen LogP contribution in [0.5, 0.6) is 0 Å². The SMILES string of the molecule is CN1[C@@H]2COC[C@H]1C[C@@H](N)C2. The van der Waals surface area contributed by atoms with Crippen molar-refractivity contribution in [2.45, 2.75) is 31.0 Å². The number of fused-ring (bicyclic) bond motifs is 2. The Morgan fingerprint density at radius 3 is 2.36 bits per heavy atom. The Balaban J connectivity index is 2.07. The maximum absolute atomic E-state index is 5.90. The molecule has 0 aromatic rings. The van der Waals surface area contributed by atoms with E-state index in [4.69, 9.17) is 10.5 Å². The summed E-state index contributed by atoms with van der Waals surface area (Å²) in [4.78, 5) is 2.42. The smallest absolute Gasteiger partial charge is 0.0623 e. The number of piperidine rings is 1. The van der Waals surface area contributed by atoms with Crippen LogP contribution in [-0.4, -0.2) is 43.3 Å². The quantitative estimate of drug-likeness (QED) is 0.528. The minimum absolute atomic E-state index is 0.407. The van der Waals surface area contributed by atoms with E-state index in [2.05, 4.69) is 11.9 Å². The third-order valence-corrected chi connectivity index (χ3v) is 2.92. The molecule has 2 aliphatic rings. The van der Waals surface area contributed by atoms with Crippen LogP contribution >= 0.6 is 0 Å². The van der Waals surface area contributed by atoms with Crippen LogP contribution < -0.4 is 5.73 Å². The maximum atomic E-state index is 5.90. The van der Waals surface area contributed by atoms with E-state index in [1.54, 1.807) is 0 Å². The summed E-state index contributed by atoms with van der Waals surface area (Å²) in [5.74, 6) is 0. The molecule has 2 saturated heterocycles. The number of nitrogens with two attached hydrogens (primary N) is 1. The maximum Gasteiger partial charge on any atom is 0.0623 e. The van der Waals surface area contributed by atoms with Gasteiger partial charge in [0, 0.05) is 18.1 Å². The van der Waals surface area contributed by atoms with Crippen LogP contribution in [0.3, 0.4) is 0 Å². The first-order chi connectivity index (χ1) is 5.27. The molecule has 2 aliphatic heterocycles. The zero-order chi connectivity index (χ0) is 7.84. The summed E-state index contributed by atoms with van der Waals surface area (Å²) in [5, 5.41) is 0. The molecule has 0 saturated carbocycles. The molecule has 3 atom stereocenters. The minimum Gasteiger partial charge on any atom is -0.378 e. The fraction of sp³-hybridized carbons (Fsp3) is 1.00. The fourth-order valence-corrected chi connectivity index (χ4v) is 2.14. The molecule has 0 aromatic carbocycles. The van der Waals surface area contributed by atoms with Crippen molar-refractivity contribution < 1.29 is 4.74 Å². The van der Waals surface area contributed by atoms with Crippen molar-refractivity contribution in [1.82, 2.24) is 4.90 Å². The number of hydrogen-bond acceptors (Lipinski definition) is 3. The van der Waals surface area contributed by atoms with Crippen LogP contribution in [0.25, 0.3) is 0 Å². The van der Waals surface area contributed by atoms with Crippen molar-refractivity contribution in [2.24, 2.45) is 5.73 Å². The van der Waals surface area contributed by atoms with Gasteiger partial charge in [0.2, 0.25) is 0 Å². The second kappa shape index (κ2) is 2.73. The van der Waals surface area contributed by atoms with Gasteiger partial charge in [-0.3, -0.25) is 4.90 Å². The first kappa shape index (κ1) is 7.53. The summed E-state index contributed by atoms with van der Waals surface area (Å²) in [6.07, 6.45) is 2.21. The molecular weight excluding hydrogens is 140 g/mol. The van der Waals surface area contributed by atoms with Crippen LogP contribution in [0.4, 0.5) is 0 Å². The summed E-state index contributed by atoms with van der Waals surface area (Å²) in [6, 6.07) is 1.57. The van der Waals surface area contributed by atoms with Gasteiger partial charge in [0.1, 0.15) is 0 Å². The fourth-order valence-electron chi connectivity index (χ4n) is 2.14. The number of morpholine rings is 1. The van der Waals surface area contributed by atoms with Crippen LogP contribution in [0, 0.1) is 0 Å². The molecule has 0 radical (unpaired) electrons. The van der Waals surface area contributed by atoms with E-state index in [1.165, 1.54) is 0 Å². The lowest BCUT2D eigenvalue weighted by atomic mass is 9.91. The van der Waals surface area contributed by atoms with E-state index in [1.807, 2.05) is 0 Å². The molecule has 11 heavy (non-hydrogen) atoms. The molecule has 0 spiro atoms. The van der Waals surface area contributed by atoms with E-state index in [0.717, 1.165) is 26.1 Å². The summed E-state index contributed by atoms with van der Waals surface area (Å²) >= 11 is 0. The molecule has 2 fully saturated rings. The Morgan fingerprint density at radius 2 is 1.82 bits per heavy atom. The Labute approximate surface area is 67.5 Å². The van der Waals surface area contributed by atoms with Gasteiger partial charge in [-0.25, -0.2) is 0 Å². The van der Waals surface area contributed by atoms with Crippen LogP contribution in [0.15, 0.2) is 0 Å². The summed E-state index contributed by atoms with van der Waals surface area (Å²) < 4.78 is 5.46.